The minimum Gasteiger partial charge on any atom is -0.507 e. The Morgan fingerprint density at radius 2 is 1.77 bits per heavy atom. The van der Waals surface area contributed by atoms with Gasteiger partial charge in [0.05, 0.1) is 13.2 Å². The summed E-state index contributed by atoms with van der Waals surface area (Å²) in [7, 11) is 3.68. The molecule has 0 saturated carbocycles. The number of allylic oxidation sites excluding steroid dienone is 2. The molecular formula is C19H23NO2. The number of likely N-dealkylation sites (N-methyl/N-ethyl adjacent to an activating group) is 1. The number of benzene rings is 1. The van der Waals surface area contributed by atoms with Gasteiger partial charge in [-0.2, -0.15) is 0 Å². The van der Waals surface area contributed by atoms with Crippen molar-refractivity contribution < 1.29 is 9.84 Å². The lowest BCUT2D eigenvalue weighted by atomic mass is 9.93. The molecule has 22 heavy (non-hydrogen) atoms. The Balaban J connectivity index is 0.000000847. The summed E-state index contributed by atoms with van der Waals surface area (Å²) in [5.74, 6) is 1.13. The zero-order chi connectivity index (χ0) is 16.1. The summed E-state index contributed by atoms with van der Waals surface area (Å²) in [4.78, 5) is 2.15. The molecule has 1 aromatic carbocycles. The van der Waals surface area contributed by atoms with Crippen LogP contribution in [0.25, 0.3) is 5.70 Å². The maximum atomic E-state index is 10.3. The van der Waals surface area contributed by atoms with Crippen LogP contribution in [-0.2, 0) is 4.74 Å². The average molecular weight is 297 g/mol. The van der Waals surface area contributed by atoms with Gasteiger partial charge in [-0.15, -0.1) is 0 Å². The highest BCUT2D eigenvalue weighted by atomic mass is 16.5. The van der Waals surface area contributed by atoms with Crippen LogP contribution >= 0.6 is 0 Å². The zero-order valence-corrected chi connectivity index (χ0v) is 13.6. The number of ether oxygens (including phenoxy) is 1. The van der Waals surface area contributed by atoms with Crippen LogP contribution in [0, 0.1) is 0 Å². The minimum absolute atomic E-state index is 0.00449. The third-order valence-electron chi connectivity index (χ3n) is 3.74. The molecule has 1 unspecified atom stereocenters. The van der Waals surface area contributed by atoms with Crippen molar-refractivity contribution in [3.8, 4) is 0 Å². The topological polar surface area (TPSA) is 32.7 Å². The van der Waals surface area contributed by atoms with Gasteiger partial charge in [-0.3, -0.25) is 0 Å². The van der Waals surface area contributed by atoms with Gasteiger partial charge >= 0.3 is 0 Å². The Morgan fingerprint density at radius 3 is 2.41 bits per heavy atom. The van der Waals surface area contributed by atoms with Gasteiger partial charge < -0.3 is 14.7 Å². The molecule has 3 rings (SSSR count). The van der Waals surface area contributed by atoms with Gasteiger partial charge in [0.25, 0.3) is 0 Å². The van der Waals surface area contributed by atoms with Gasteiger partial charge in [0.2, 0.25) is 0 Å². The first-order valence-electron chi connectivity index (χ1n) is 7.57. The monoisotopic (exact) mass is 297 g/mol. The molecule has 0 spiro atoms. The SMILES string of the molecule is CC.COC1=CC2C(=C(O)C=C(c3ccccc3)N2C)C=C1. The third kappa shape index (κ3) is 2.93. The molecule has 3 heteroatoms. The molecule has 0 aromatic heterocycles. The molecule has 0 bridgehead atoms. The van der Waals surface area contributed by atoms with Gasteiger partial charge in [0.1, 0.15) is 11.5 Å². The summed E-state index contributed by atoms with van der Waals surface area (Å²) in [5.41, 5.74) is 2.98. The van der Waals surface area contributed by atoms with Crippen molar-refractivity contribution in [1.82, 2.24) is 4.90 Å². The van der Waals surface area contributed by atoms with Crippen LogP contribution in [0.2, 0.25) is 0 Å². The lowest BCUT2D eigenvalue weighted by Gasteiger charge is -2.36. The van der Waals surface area contributed by atoms with Crippen molar-refractivity contribution in [3.63, 3.8) is 0 Å². The van der Waals surface area contributed by atoms with E-state index in [1.165, 1.54) is 0 Å². The Morgan fingerprint density at radius 1 is 1.09 bits per heavy atom. The maximum Gasteiger partial charge on any atom is 0.123 e. The molecule has 0 fully saturated rings. The van der Waals surface area contributed by atoms with Crippen molar-refractivity contribution >= 4 is 5.70 Å². The summed E-state index contributed by atoms with van der Waals surface area (Å²) in [6.07, 6.45) is 7.61. The number of hydrogen-bond acceptors (Lipinski definition) is 3. The van der Waals surface area contributed by atoms with Crippen molar-refractivity contribution in [2.24, 2.45) is 0 Å². The number of rotatable bonds is 2. The smallest absolute Gasteiger partial charge is 0.123 e. The summed E-state index contributed by atoms with van der Waals surface area (Å²) in [6, 6.07) is 10.1. The second-order valence-corrected chi connectivity index (χ2v) is 4.90. The maximum absolute atomic E-state index is 10.3. The lowest BCUT2D eigenvalue weighted by Crippen LogP contribution is -2.34. The molecule has 0 amide bonds. The van der Waals surface area contributed by atoms with Gasteiger partial charge in [-0.05, 0) is 23.8 Å². The van der Waals surface area contributed by atoms with E-state index in [0.29, 0.717) is 5.76 Å². The second-order valence-electron chi connectivity index (χ2n) is 4.90. The molecule has 0 radical (unpaired) electrons. The Kier molecular flexibility index (Phi) is 5.10. The van der Waals surface area contributed by atoms with Gasteiger partial charge in [-0.25, -0.2) is 0 Å². The number of fused-ring (bicyclic) bond motifs is 1. The fraction of sp³-hybridized carbons (Fsp3) is 0.263. The number of hydrogen-bond donors (Lipinski definition) is 1. The predicted octanol–water partition coefficient (Wildman–Crippen LogP) is 4.28. The van der Waals surface area contributed by atoms with E-state index in [0.717, 1.165) is 22.6 Å². The van der Waals surface area contributed by atoms with E-state index in [1.807, 2.05) is 75.5 Å². The Bertz CT molecular complexity index is 639. The van der Waals surface area contributed by atoms with Crippen molar-refractivity contribution in [2.75, 3.05) is 14.2 Å². The largest absolute Gasteiger partial charge is 0.507 e. The van der Waals surface area contributed by atoms with Gasteiger partial charge in [-0.1, -0.05) is 44.2 Å². The minimum atomic E-state index is -0.00449. The predicted molar refractivity (Wildman–Crippen MR) is 91.2 cm³/mol. The van der Waals surface area contributed by atoms with E-state index in [-0.39, 0.29) is 6.04 Å². The molecular weight excluding hydrogens is 274 g/mol. The normalized spacial score (nSPS) is 19.6. The van der Waals surface area contributed by atoms with Crippen LogP contribution < -0.4 is 0 Å². The van der Waals surface area contributed by atoms with E-state index >= 15 is 0 Å². The molecule has 1 aromatic rings. The summed E-state index contributed by atoms with van der Waals surface area (Å²) in [6.45, 7) is 4.00. The molecule has 1 heterocycles. The first-order valence-corrected chi connectivity index (χ1v) is 7.57. The summed E-state index contributed by atoms with van der Waals surface area (Å²) < 4.78 is 5.29. The van der Waals surface area contributed by atoms with Crippen LogP contribution in [0.3, 0.4) is 0 Å². The molecule has 116 valence electrons. The Hall–Kier alpha value is -2.42. The fourth-order valence-corrected chi connectivity index (χ4v) is 2.63. The molecule has 0 saturated heterocycles. The van der Waals surface area contributed by atoms with Crippen molar-refractivity contribution in [3.05, 3.63) is 77.3 Å². The highest BCUT2D eigenvalue weighted by Crippen LogP contribution is 2.34. The first kappa shape index (κ1) is 16.0. The highest BCUT2D eigenvalue weighted by molar-refractivity contribution is 5.70. The zero-order valence-electron chi connectivity index (χ0n) is 13.6. The standard InChI is InChI=1S/C17H17NO2.C2H6/c1-18-15(12-6-4-3-5-7-12)11-17(19)14-9-8-13(20-2)10-16(14)18;1-2/h3-11,16,19H,1-2H3;1-2H3. The van der Waals surface area contributed by atoms with Gasteiger partial charge in [0, 0.05) is 24.4 Å². The van der Waals surface area contributed by atoms with E-state index < -0.39 is 0 Å². The van der Waals surface area contributed by atoms with E-state index in [4.69, 9.17) is 4.74 Å². The van der Waals surface area contributed by atoms with Crippen LogP contribution in [0.4, 0.5) is 0 Å². The highest BCUT2D eigenvalue weighted by Gasteiger charge is 2.28. The average Bonchev–Trinajstić information content (AvgIpc) is 2.60. The molecule has 1 N–H and O–H groups in total. The molecule has 1 aliphatic heterocycles. The van der Waals surface area contributed by atoms with Crippen molar-refractivity contribution in [2.45, 2.75) is 19.9 Å². The van der Waals surface area contributed by atoms with Gasteiger partial charge in [0.15, 0.2) is 0 Å². The lowest BCUT2D eigenvalue weighted by molar-refractivity contribution is 0.295. The molecule has 2 aliphatic rings. The molecule has 1 atom stereocenters. The van der Waals surface area contributed by atoms with Crippen molar-refractivity contribution in [1.29, 1.82) is 0 Å². The number of nitrogens with zero attached hydrogens (tertiary/aromatic N) is 1. The van der Waals surface area contributed by atoms with Crippen LogP contribution in [0.1, 0.15) is 19.4 Å². The van der Waals surface area contributed by atoms with E-state index in [1.54, 1.807) is 7.11 Å². The summed E-state index contributed by atoms with van der Waals surface area (Å²) >= 11 is 0. The van der Waals surface area contributed by atoms with E-state index in [2.05, 4.69) is 4.90 Å². The van der Waals surface area contributed by atoms with Crippen LogP contribution in [0.15, 0.2) is 71.7 Å². The molecule has 3 nitrogen and oxygen atoms in total. The number of methoxy groups -OCH3 is 1. The Labute approximate surface area is 132 Å². The van der Waals surface area contributed by atoms with Crippen LogP contribution in [0.5, 0.6) is 0 Å². The third-order valence-corrected chi connectivity index (χ3v) is 3.74. The second kappa shape index (κ2) is 7.03. The van der Waals surface area contributed by atoms with E-state index in [9.17, 15) is 5.11 Å². The quantitative estimate of drug-likeness (QED) is 0.884. The van der Waals surface area contributed by atoms with Crippen LogP contribution in [-0.4, -0.2) is 30.2 Å². The summed E-state index contributed by atoms with van der Waals surface area (Å²) in [5, 5.41) is 10.3. The number of aliphatic hydroxyl groups is 1. The first-order chi connectivity index (χ1) is 10.7. The number of aliphatic hydroxyl groups excluding tert-OH is 1. The molecule has 1 aliphatic carbocycles. The fourth-order valence-electron chi connectivity index (χ4n) is 2.63.